The van der Waals surface area contributed by atoms with Crippen molar-refractivity contribution in [2.75, 3.05) is 14.1 Å². The maximum atomic E-state index is 13.2. The summed E-state index contributed by atoms with van der Waals surface area (Å²) in [6, 6.07) is 7.74. The molecule has 3 rings (SSSR count). The number of aromatic carboxylic acids is 1. The Kier molecular flexibility index (Phi) is 5.26. The number of fused-ring (bicyclic) bond motifs is 1. The first-order valence-corrected chi connectivity index (χ1v) is 9.14. The summed E-state index contributed by atoms with van der Waals surface area (Å²) in [6.45, 7) is 0.391. The molecule has 0 saturated heterocycles. The molecule has 2 aromatic carbocycles. The lowest BCUT2D eigenvalue weighted by atomic mass is 10.0. The van der Waals surface area contributed by atoms with Crippen LogP contribution in [0, 0.1) is 5.82 Å². The molecule has 142 valence electrons. The monoisotopic (exact) mass is 434 g/mol. The van der Waals surface area contributed by atoms with E-state index in [1.165, 1.54) is 12.1 Å². The van der Waals surface area contributed by atoms with E-state index in [-0.39, 0.29) is 17.1 Å². The van der Waals surface area contributed by atoms with Crippen LogP contribution < -0.4 is 0 Å². The zero-order valence-corrected chi connectivity index (χ0v) is 16.8. The Hall–Kier alpha value is -2.38. The molecule has 0 bridgehead atoms. The van der Waals surface area contributed by atoms with Crippen molar-refractivity contribution in [2.45, 2.75) is 13.0 Å². The molecule has 5 nitrogen and oxygen atoms in total. The second-order valence-electron chi connectivity index (χ2n) is 6.81. The molecule has 0 aliphatic heterocycles. The third-order valence-corrected chi connectivity index (χ3v) is 5.22. The summed E-state index contributed by atoms with van der Waals surface area (Å²) in [4.78, 5) is 14.0. The van der Waals surface area contributed by atoms with Crippen molar-refractivity contribution in [1.29, 1.82) is 0 Å². The number of carboxylic acid groups (broad SMARTS) is 1. The molecule has 0 atom stereocenters. The van der Waals surface area contributed by atoms with Crippen LogP contribution in [-0.2, 0) is 20.0 Å². The van der Waals surface area contributed by atoms with Gasteiger partial charge in [0, 0.05) is 36.7 Å². The summed E-state index contributed by atoms with van der Waals surface area (Å²) >= 11 is 3.37. The summed E-state index contributed by atoms with van der Waals surface area (Å²) in [5.41, 5.74) is 2.84. The van der Waals surface area contributed by atoms with Gasteiger partial charge in [0.2, 0.25) is 0 Å². The average Bonchev–Trinajstić information content (AvgIpc) is 2.86. The minimum atomic E-state index is -1.06. The predicted octanol–water partition coefficient (Wildman–Crippen LogP) is 4.14. The van der Waals surface area contributed by atoms with Crippen LogP contribution in [0.5, 0.6) is 5.75 Å². The fraction of sp³-hybridized carbons (Fsp3) is 0.250. The Morgan fingerprint density at radius 1 is 1.26 bits per heavy atom. The number of aromatic hydroxyl groups is 1. The van der Waals surface area contributed by atoms with Gasteiger partial charge >= 0.3 is 5.97 Å². The highest BCUT2D eigenvalue weighted by atomic mass is 79.9. The van der Waals surface area contributed by atoms with E-state index in [4.69, 9.17) is 0 Å². The van der Waals surface area contributed by atoms with Crippen LogP contribution in [0.25, 0.3) is 10.9 Å². The lowest BCUT2D eigenvalue weighted by Crippen LogP contribution is -2.12. The lowest BCUT2D eigenvalue weighted by Gasteiger charge is -2.14. The molecule has 7 heteroatoms. The number of hydrogen-bond donors (Lipinski definition) is 2. The highest BCUT2D eigenvalue weighted by Gasteiger charge is 2.26. The van der Waals surface area contributed by atoms with E-state index >= 15 is 0 Å². The minimum absolute atomic E-state index is 0.0395. The average molecular weight is 435 g/mol. The number of carboxylic acids is 1. The number of aryl methyl sites for hydroxylation is 1. The van der Waals surface area contributed by atoms with Crippen molar-refractivity contribution in [3.8, 4) is 5.75 Å². The standard InChI is InChI=1S/C20H20BrFN2O3/c1-23(2)10-13-17-16(9-14(21)19(13)25)24(3)15(18(17)20(26)27)8-11-4-6-12(22)7-5-11/h4-7,9,25H,8,10H2,1-3H3,(H,26,27). The molecule has 0 amide bonds. The van der Waals surface area contributed by atoms with Gasteiger partial charge in [0.1, 0.15) is 11.6 Å². The molecular formula is C20H20BrFN2O3. The normalized spacial score (nSPS) is 11.5. The van der Waals surface area contributed by atoms with Crippen LogP contribution in [0.4, 0.5) is 4.39 Å². The number of halogens is 2. The summed E-state index contributed by atoms with van der Waals surface area (Å²) in [7, 11) is 5.51. The fourth-order valence-corrected chi connectivity index (χ4v) is 3.84. The highest BCUT2D eigenvalue weighted by Crippen LogP contribution is 2.39. The van der Waals surface area contributed by atoms with Gasteiger partial charge in [0.25, 0.3) is 0 Å². The Morgan fingerprint density at radius 2 is 1.89 bits per heavy atom. The van der Waals surface area contributed by atoms with E-state index in [1.54, 1.807) is 25.2 Å². The lowest BCUT2D eigenvalue weighted by molar-refractivity contribution is 0.0697. The van der Waals surface area contributed by atoms with E-state index in [0.717, 1.165) is 5.56 Å². The first kappa shape index (κ1) is 19.4. The summed E-state index contributed by atoms with van der Waals surface area (Å²) in [5.74, 6) is -1.35. The molecule has 0 fully saturated rings. The van der Waals surface area contributed by atoms with Crippen molar-refractivity contribution in [3.63, 3.8) is 0 Å². The van der Waals surface area contributed by atoms with Gasteiger partial charge in [-0.1, -0.05) is 12.1 Å². The SMILES string of the molecule is CN(C)Cc1c(O)c(Br)cc2c1c(C(=O)O)c(Cc1ccc(F)cc1)n2C. The van der Waals surface area contributed by atoms with E-state index in [9.17, 15) is 19.4 Å². The third-order valence-electron chi connectivity index (χ3n) is 4.61. The predicted molar refractivity (Wildman–Crippen MR) is 106 cm³/mol. The van der Waals surface area contributed by atoms with Crippen LogP contribution in [0.2, 0.25) is 0 Å². The van der Waals surface area contributed by atoms with E-state index < -0.39 is 5.97 Å². The number of aromatic nitrogens is 1. The molecule has 0 aliphatic rings. The summed E-state index contributed by atoms with van der Waals surface area (Å²) < 4.78 is 15.5. The van der Waals surface area contributed by atoms with Gasteiger partial charge in [-0.3, -0.25) is 0 Å². The number of hydrogen-bond acceptors (Lipinski definition) is 3. The molecule has 0 aliphatic carbocycles. The first-order valence-electron chi connectivity index (χ1n) is 8.34. The number of rotatable bonds is 5. The van der Waals surface area contributed by atoms with Gasteiger partial charge in [-0.15, -0.1) is 0 Å². The molecule has 1 aromatic heterocycles. The number of benzene rings is 2. The number of phenols is 1. The molecule has 2 N–H and O–H groups in total. The summed E-state index contributed by atoms with van der Waals surface area (Å²) in [5, 5.41) is 21.0. The second-order valence-corrected chi connectivity index (χ2v) is 7.66. The molecular weight excluding hydrogens is 415 g/mol. The number of phenolic OH excluding ortho intramolecular Hbond substituents is 1. The number of carbonyl (C=O) groups is 1. The third kappa shape index (κ3) is 3.57. The van der Waals surface area contributed by atoms with Gasteiger partial charge in [0.15, 0.2) is 0 Å². The van der Waals surface area contributed by atoms with E-state index in [0.29, 0.717) is 39.6 Å². The quantitative estimate of drug-likeness (QED) is 0.633. The highest BCUT2D eigenvalue weighted by molar-refractivity contribution is 9.10. The Bertz CT molecular complexity index is 1030. The zero-order valence-electron chi connectivity index (χ0n) is 15.3. The molecule has 0 radical (unpaired) electrons. The molecule has 0 spiro atoms. The number of nitrogens with zero attached hydrogens (tertiary/aromatic N) is 2. The van der Waals surface area contributed by atoms with Gasteiger partial charge in [0.05, 0.1) is 15.6 Å². The van der Waals surface area contributed by atoms with Crippen LogP contribution in [0.15, 0.2) is 34.8 Å². The van der Waals surface area contributed by atoms with Crippen molar-refractivity contribution in [2.24, 2.45) is 7.05 Å². The van der Waals surface area contributed by atoms with E-state index in [2.05, 4.69) is 15.9 Å². The van der Waals surface area contributed by atoms with Crippen LogP contribution in [0.1, 0.15) is 27.2 Å². The molecule has 0 unspecified atom stereocenters. The molecule has 1 heterocycles. The Balaban J connectivity index is 2.31. The van der Waals surface area contributed by atoms with Crippen LogP contribution in [-0.4, -0.2) is 39.7 Å². The Morgan fingerprint density at radius 3 is 2.44 bits per heavy atom. The maximum absolute atomic E-state index is 13.2. The molecule has 3 aromatic rings. The summed E-state index contributed by atoms with van der Waals surface area (Å²) in [6.07, 6.45) is 0.340. The van der Waals surface area contributed by atoms with Crippen molar-refractivity contribution < 1.29 is 19.4 Å². The van der Waals surface area contributed by atoms with Crippen molar-refractivity contribution in [3.05, 3.63) is 63.0 Å². The minimum Gasteiger partial charge on any atom is -0.506 e. The van der Waals surface area contributed by atoms with Gasteiger partial charge in [-0.05, 0) is 53.8 Å². The Labute approximate surface area is 164 Å². The van der Waals surface area contributed by atoms with Gasteiger partial charge in [-0.25, -0.2) is 9.18 Å². The fourth-order valence-electron chi connectivity index (χ4n) is 3.38. The first-order chi connectivity index (χ1) is 12.7. The van der Waals surface area contributed by atoms with Crippen LogP contribution in [0.3, 0.4) is 0 Å². The van der Waals surface area contributed by atoms with E-state index in [1.807, 2.05) is 23.6 Å². The van der Waals surface area contributed by atoms with Crippen molar-refractivity contribution >= 4 is 32.8 Å². The molecule has 0 saturated carbocycles. The zero-order chi connectivity index (χ0) is 19.9. The maximum Gasteiger partial charge on any atom is 0.338 e. The van der Waals surface area contributed by atoms with Crippen molar-refractivity contribution in [1.82, 2.24) is 9.47 Å². The van der Waals surface area contributed by atoms with Gasteiger partial charge < -0.3 is 19.7 Å². The van der Waals surface area contributed by atoms with Gasteiger partial charge in [-0.2, -0.15) is 0 Å². The second kappa shape index (κ2) is 7.32. The molecule has 27 heavy (non-hydrogen) atoms. The largest absolute Gasteiger partial charge is 0.506 e. The topological polar surface area (TPSA) is 65.7 Å². The smallest absolute Gasteiger partial charge is 0.338 e. The van der Waals surface area contributed by atoms with Crippen LogP contribution >= 0.6 is 15.9 Å².